The molecule has 0 aliphatic heterocycles. The molecule has 0 aliphatic carbocycles. The van der Waals surface area contributed by atoms with Crippen molar-refractivity contribution in [2.45, 2.75) is 6.92 Å². The number of aryl methyl sites for hydroxylation is 1. The highest BCUT2D eigenvalue weighted by atomic mass is 35.5. The maximum atomic E-state index is 12.2. The number of thiophene rings is 1. The van der Waals surface area contributed by atoms with E-state index >= 15 is 0 Å². The molecule has 4 nitrogen and oxygen atoms in total. The number of benzene rings is 2. The van der Waals surface area contributed by atoms with Crippen molar-refractivity contribution in [1.82, 2.24) is 5.43 Å². The SMILES string of the molecule is Cc1ccc2c(Cl)c(C(=O)NN=Cc3cccc(O)c3)sc2c1. The van der Waals surface area contributed by atoms with Gasteiger partial charge < -0.3 is 5.11 Å². The molecule has 2 aromatic carbocycles. The van der Waals surface area contributed by atoms with Crippen molar-refractivity contribution >= 4 is 45.1 Å². The molecule has 2 N–H and O–H groups in total. The number of halogens is 1. The van der Waals surface area contributed by atoms with E-state index in [1.165, 1.54) is 17.6 Å². The maximum absolute atomic E-state index is 12.2. The number of rotatable bonds is 3. The van der Waals surface area contributed by atoms with Crippen LogP contribution >= 0.6 is 22.9 Å². The van der Waals surface area contributed by atoms with Gasteiger partial charge in [-0.3, -0.25) is 4.79 Å². The largest absolute Gasteiger partial charge is 0.508 e. The van der Waals surface area contributed by atoms with Crippen LogP contribution in [-0.2, 0) is 0 Å². The van der Waals surface area contributed by atoms with Gasteiger partial charge >= 0.3 is 0 Å². The van der Waals surface area contributed by atoms with Crippen molar-refractivity contribution in [2.24, 2.45) is 5.10 Å². The summed E-state index contributed by atoms with van der Waals surface area (Å²) in [5.41, 5.74) is 4.26. The highest BCUT2D eigenvalue weighted by Gasteiger charge is 2.16. The smallest absolute Gasteiger partial charge is 0.283 e. The van der Waals surface area contributed by atoms with E-state index in [0.717, 1.165) is 15.6 Å². The maximum Gasteiger partial charge on any atom is 0.283 e. The fourth-order valence-corrected chi connectivity index (χ4v) is 3.64. The third-order valence-electron chi connectivity index (χ3n) is 3.24. The zero-order valence-electron chi connectivity index (χ0n) is 12.2. The van der Waals surface area contributed by atoms with Gasteiger partial charge in [0.2, 0.25) is 0 Å². The lowest BCUT2D eigenvalue weighted by Gasteiger charge is -1.98. The first-order valence-electron chi connectivity index (χ1n) is 6.85. The summed E-state index contributed by atoms with van der Waals surface area (Å²) in [5, 5.41) is 14.6. The Balaban J connectivity index is 1.79. The van der Waals surface area contributed by atoms with Gasteiger partial charge in [-0.1, -0.05) is 35.9 Å². The number of nitrogens with one attached hydrogen (secondary N) is 1. The molecule has 1 amide bonds. The van der Waals surface area contributed by atoms with Crippen LogP contribution in [0.15, 0.2) is 47.6 Å². The fraction of sp³-hybridized carbons (Fsp3) is 0.0588. The molecule has 0 aliphatic rings. The fourth-order valence-electron chi connectivity index (χ4n) is 2.14. The molecular weight excluding hydrogens is 332 g/mol. The molecule has 3 rings (SSSR count). The number of phenols is 1. The zero-order valence-corrected chi connectivity index (χ0v) is 13.8. The Bertz CT molecular complexity index is 918. The second-order valence-electron chi connectivity index (χ2n) is 5.04. The van der Waals surface area contributed by atoms with Gasteiger partial charge in [-0.05, 0) is 36.2 Å². The van der Waals surface area contributed by atoms with E-state index in [-0.39, 0.29) is 11.7 Å². The van der Waals surface area contributed by atoms with E-state index < -0.39 is 0 Å². The van der Waals surface area contributed by atoms with Gasteiger partial charge in [-0.15, -0.1) is 11.3 Å². The van der Waals surface area contributed by atoms with Crippen LogP contribution in [0.25, 0.3) is 10.1 Å². The molecule has 0 radical (unpaired) electrons. The number of hydrazone groups is 1. The first-order chi connectivity index (χ1) is 11.0. The quantitative estimate of drug-likeness (QED) is 0.548. The molecule has 0 atom stereocenters. The molecule has 6 heteroatoms. The summed E-state index contributed by atoms with van der Waals surface area (Å²) < 4.78 is 0.970. The molecule has 0 spiro atoms. The molecule has 1 aromatic heterocycles. The normalized spacial score (nSPS) is 11.2. The van der Waals surface area contributed by atoms with E-state index in [0.29, 0.717) is 15.5 Å². The van der Waals surface area contributed by atoms with Crippen LogP contribution in [-0.4, -0.2) is 17.2 Å². The number of amides is 1. The number of phenolic OH excluding ortho intramolecular Hbond substituents is 1. The molecule has 3 aromatic rings. The van der Waals surface area contributed by atoms with E-state index in [9.17, 15) is 9.90 Å². The minimum atomic E-state index is -0.356. The third kappa shape index (κ3) is 3.36. The predicted octanol–water partition coefficient (Wildman–Crippen LogP) is 4.33. The molecule has 0 bridgehead atoms. The summed E-state index contributed by atoms with van der Waals surface area (Å²) in [6.07, 6.45) is 1.46. The second kappa shape index (κ2) is 6.40. The van der Waals surface area contributed by atoms with Gasteiger partial charge in [-0.25, -0.2) is 5.43 Å². The highest BCUT2D eigenvalue weighted by molar-refractivity contribution is 7.21. The Hall–Kier alpha value is -2.37. The van der Waals surface area contributed by atoms with Crippen molar-refractivity contribution < 1.29 is 9.90 Å². The van der Waals surface area contributed by atoms with Crippen molar-refractivity contribution in [2.75, 3.05) is 0 Å². The molecule has 0 saturated carbocycles. The number of carbonyl (C=O) groups is 1. The number of nitrogens with zero attached hydrogens (tertiary/aromatic N) is 1. The van der Waals surface area contributed by atoms with Crippen LogP contribution in [0.1, 0.15) is 20.8 Å². The lowest BCUT2D eigenvalue weighted by Crippen LogP contribution is -2.16. The minimum Gasteiger partial charge on any atom is -0.508 e. The van der Waals surface area contributed by atoms with E-state index in [2.05, 4.69) is 10.5 Å². The van der Waals surface area contributed by atoms with Gasteiger partial charge in [0.25, 0.3) is 5.91 Å². The average molecular weight is 345 g/mol. The van der Waals surface area contributed by atoms with Gasteiger partial charge in [0.1, 0.15) is 10.6 Å². The second-order valence-corrected chi connectivity index (χ2v) is 6.47. The highest BCUT2D eigenvalue weighted by Crippen LogP contribution is 2.35. The lowest BCUT2D eigenvalue weighted by molar-refractivity contribution is 0.0959. The lowest BCUT2D eigenvalue weighted by atomic mass is 10.2. The summed E-state index contributed by atoms with van der Waals surface area (Å²) >= 11 is 7.62. The summed E-state index contributed by atoms with van der Waals surface area (Å²) in [4.78, 5) is 12.7. The van der Waals surface area contributed by atoms with Crippen LogP contribution in [0.2, 0.25) is 5.02 Å². The van der Waals surface area contributed by atoms with E-state index in [1.54, 1.807) is 24.3 Å². The molecule has 1 heterocycles. The molecule has 23 heavy (non-hydrogen) atoms. The first kappa shape index (κ1) is 15.5. The Morgan fingerprint density at radius 3 is 2.91 bits per heavy atom. The monoisotopic (exact) mass is 344 g/mol. The minimum absolute atomic E-state index is 0.142. The van der Waals surface area contributed by atoms with Crippen LogP contribution in [0.5, 0.6) is 5.75 Å². The van der Waals surface area contributed by atoms with Crippen molar-refractivity contribution in [1.29, 1.82) is 0 Å². The Labute approximate surface area is 142 Å². The Morgan fingerprint density at radius 2 is 2.13 bits per heavy atom. The first-order valence-corrected chi connectivity index (χ1v) is 8.05. The number of fused-ring (bicyclic) bond motifs is 1. The summed E-state index contributed by atoms with van der Waals surface area (Å²) in [5.74, 6) is -0.214. The molecule has 0 saturated heterocycles. The summed E-state index contributed by atoms with van der Waals surface area (Å²) in [6, 6.07) is 12.5. The Morgan fingerprint density at radius 1 is 1.30 bits per heavy atom. The molecule has 0 unspecified atom stereocenters. The van der Waals surface area contributed by atoms with Gasteiger partial charge in [0.05, 0.1) is 11.2 Å². The third-order valence-corrected chi connectivity index (χ3v) is 4.90. The zero-order chi connectivity index (χ0) is 16.4. The Kier molecular flexibility index (Phi) is 4.32. The van der Waals surface area contributed by atoms with Crippen molar-refractivity contribution in [3.05, 3.63) is 63.5 Å². The summed E-state index contributed by atoms with van der Waals surface area (Å²) in [6.45, 7) is 1.99. The van der Waals surface area contributed by atoms with Crippen LogP contribution in [0.3, 0.4) is 0 Å². The van der Waals surface area contributed by atoms with Crippen LogP contribution in [0, 0.1) is 6.92 Å². The van der Waals surface area contributed by atoms with E-state index in [1.807, 2.05) is 25.1 Å². The van der Waals surface area contributed by atoms with E-state index in [4.69, 9.17) is 11.6 Å². The van der Waals surface area contributed by atoms with Gasteiger partial charge in [-0.2, -0.15) is 5.10 Å². The van der Waals surface area contributed by atoms with Crippen LogP contribution in [0.4, 0.5) is 0 Å². The number of hydrogen-bond acceptors (Lipinski definition) is 4. The number of carbonyl (C=O) groups excluding carboxylic acids is 1. The molecular formula is C17H13ClN2O2S. The molecule has 116 valence electrons. The summed E-state index contributed by atoms with van der Waals surface area (Å²) in [7, 11) is 0. The number of aromatic hydroxyl groups is 1. The average Bonchev–Trinajstić information content (AvgIpc) is 2.83. The van der Waals surface area contributed by atoms with Crippen molar-refractivity contribution in [3.63, 3.8) is 0 Å². The standard InChI is InChI=1S/C17H13ClN2O2S/c1-10-5-6-13-14(7-10)23-16(15(13)18)17(22)20-19-9-11-3-2-4-12(21)8-11/h2-9,21H,1H3,(H,20,22). The molecule has 0 fully saturated rings. The van der Waals surface area contributed by atoms with Crippen LogP contribution < -0.4 is 5.43 Å². The number of hydrogen-bond donors (Lipinski definition) is 2. The van der Waals surface area contributed by atoms with Crippen molar-refractivity contribution in [3.8, 4) is 5.75 Å². The topological polar surface area (TPSA) is 61.7 Å². The van der Waals surface area contributed by atoms with Gasteiger partial charge in [0.15, 0.2) is 0 Å². The van der Waals surface area contributed by atoms with Gasteiger partial charge in [0, 0.05) is 10.1 Å². The predicted molar refractivity (Wildman–Crippen MR) is 94.7 cm³/mol.